The lowest BCUT2D eigenvalue weighted by molar-refractivity contribution is -0.140. The molecule has 0 bridgehead atoms. The number of carbonyl (C=O) groups is 1. The molecule has 1 unspecified atom stereocenters. The molecule has 76 valence electrons. The minimum absolute atomic E-state index is 0.142. The molecule has 13 heavy (non-hydrogen) atoms. The first kappa shape index (κ1) is 10.5. The maximum Gasteiger partial charge on any atom is 0.306 e. The second-order valence-electron chi connectivity index (χ2n) is 3.32. The lowest BCUT2D eigenvalue weighted by Crippen LogP contribution is -2.43. The van der Waals surface area contributed by atoms with Gasteiger partial charge in [0.2, 0.25) is 0 Å². The number of ether oxygens (including phenoxy) is 1. The van der Waals surface area contributed by atoms with Crippen LogP contribution in [0.25, 0.3) is 0 Å². The van der Waals surface area contributed by atoms with Gasteiger partial charge >= 0.3 is 5.97 Å². The molecule has 1 saturated heterocycles. The van der Waals surface area contributed by atoms with Gasteiger partial charge in [-0.05, 0) is 19.4 Å². The van der Waals surface area contributed by atoms with Gasteiger partial charge in [-0.15, -0.1) is 0 Å². The van der Waals surface area contributed by atoms with E-state index in [1.165, 1.54) is 20.0 Å². The Morgan fingerprint density at radius 3 is 3.15 bits per heavy atom. The third-order valence-corrected chi connectivity index (χ3v) is 2.29. The number of carbonyl (C=O) groups excluding carboxylic acids is 1. The van der Waals surface area contributed by atoms with Crippen LogP contribution >= 0.6 is 0 Å². The standard InChI is InChI=1S/C9H18N2O2/c1-13-9(12)4-6-11-8-3-2-5-10-7-8/h8,10-11H,2-7H2,1H3. The lowest BCUT2D eigenvalue weighted by atomic mass is 10.1. The molecule has 0 aromatic carbocycles. The Hall–Kier alpha value is -0.610. The second kappa shape index (κ2) is 5.94. The largest absolute Gasteiger partial charge is 0.469 e. The number of methoxy groups -OCH3 is 1. The molecular weight excluding hydrogens is 168 g/mol. The SMILES string of the molecule is COC(=O)CCNC1CCCNC1. The zero-order chi connectivity index (χ0) is 9.52. The molecule has 1 heterocycles. The molecule has 0 aliphatic carbocycles. The van der Waals surface area contributed by atoms with Crippen molar-refractivity contribution in [3.8, 4) is 0 Å². The van der Waals surface area contributed by atoms with Gasteiger partial charge < -0.3 is 15.4 Å². The van der Waals surface area contributed by atoms with Gasteiger partial charge in [-0.3, -0.25) is 4.79 Å². The first-order valence-corrected chi connectivity index (χ1v) is 4.84. The van der Waals surface area contributed by atoms with Crippen LogP contribution < -0.4 is 10.6 Å². The van der Waals surface area contributed by atoms with E-state index < -0.39 is 0 Å². The third-order valence-electron chi connectivity index (χ3n) is 2.29. The summed E-state index contributed by atoms with van der Waals surface area (Å²) in [5, 5.41) is 6.63. The molecule has 0 amide bonds. The molecule has 1 aliphatic rings. The van der Waals surface area contributed by atoms with Gasteiger partial charge in [0.15, 0.2) is 0 Å². The van der Waals surface area contributed by atoms with Crippen molar-refractivity contribution in [3.63, 3.8) is 0 Å². The van der Waals surface area contributed by atoms with E-state index in [0.717, 1.165) is 19.6 Å². The first-order chi connectivity index (χ1) is 6.33. The van der Waals surface area contributed by atoms with Crippen LogP contribution in [-0.4, -0.2) is 38.8 Å². The van der Waals surface area contributed by atoms with Gasteiger partial charge in [0.05, 0.1) is 13.5 Å². The van der Waals surface area contributed by atoms with Crippen molar-refractivity contribution in [1.82, 2.24) is 10.6 Å². The highest BCUT2D eigenvalue weighted by Crippen LogP contribution is 2.00. The van der Waals surface area contributed by atoms with E-state index in [9.17, 15) is 4.79 Å². The fourth-order valence-corrected chi connectivity index (χ4v) is 1.51. The zero-order valence-electron chi connectivity index (χ0n) is 8.14. The van der Waals surface area contributed by atoms with E-state index in [0.29, 0.717) is 12.5 Å². The molecule has 1 aliphatic heterocycles. The highest BCUT2D eigenvalue weighted by atomic mass is 16.5. The average molecular weight is 186 g/mol. The molecule has 1 rings (SSSR count). The Balaban J connectivity index is 2.01. The van der Waals surface area contributed by atoms with Gasteiger partial charge in [-0.2, -0.15) is 0 Å². The number of nitrogens with one attached hydrogen (secondary N) is 2. The molecule has 4 heteroatoms. The van der Waals surface area contributed by atoms with E-state index in [1.807, 2.05) is 0 Å². The Bertz CT molecular complexity index is 156. The van der Waals surface area contributed by atoms with Crippen LogP contribution in [0.15, 0.2) is 0 Å². The van der Waals surface area contributed by atoms with Crippen LogP contribution in [0.3, 0.4) is 0 Å². The Labute approximate surface area is 79.0 Å². The summed E-state index contributed by atoms with van der Waals surface area (Å²) in [4.78, 5) is 10.8. The average Bonchev–Trinajstić information content (AvgIpc) is 2.19. The Morgan fingerprint density at radius 1 is 1.69 bits per heavy atom. The van der Waals surface area contributed by atoms with Crippen LogP contribution in [0, 0.1) is 0 Å². The predicted octanol–water partition coefficient (Wildman–Crippen LogP) is -0.109. The molecule has 0 spiro atoms. The van der Waals surface area contributed by atoms with Gasteiger partial charge in [0, 0.05) is 19.1 Å². The van der Waals surface area contributed by atoms with Crippen LogP contribution in [0.4, 0.5) is 0 Å². The van der Waals surface area contributed by atoms with Gasteiger partial charge in [0.25, 0.3) is 0 Å². The summed E-state index contributed by atoms with van der Waals surface area (Å²) < 4.78 is 4.55. The van der Waals surface area contributed by atoms with Crippen molar-refractivity contribution in [1.29, 1.82) is 0 Å². The van der Waals surface area contributed by atoms with E-state index in [4.69, 9.17) is 0 Å². The van der Waals surface area contributed by atoms with Crippen molar-refractivity contribution in [2.75, 3.05) is 26.7 Å². The zero-order valence-corrected chi connectivity index (χ0v) is 8.14. The van der Waals surface area contributed by atoms with Crippen molar-refractivity contribution >= 4 is 5.97 Å². The van der Waals surface area contributed by atoms with Crippen LogP contribution in [0.1, 0.15) is 19.3 Å². The maximum atomic E-state index is 10.8. The molecule has 2 N–H and O–H groups in total. The van der Waals surface area contributed by atoms with Crippen molar-refractivity contribution < 1.29 is 9.53 Å². The van der Waals surface area contributed by atoms with Crippen LogP contribution in [-0.2, 0) is 9.53 Å². The summed E-state index contributed by atoms with van der Waals surface area (Å²) >= 11 is 0. The maximum absolute atomic E-state index is 10.8. The summed E-state index contributed by atoms with van der Waals surface area (Å²) in [7, 11) is 1.42. The fourth-order valence-electron chi connectivity index (χ4n) is 1.51. The lowest BCUT2D eigenvalue weighted by Gasteiger charge is -2.23. The highest BCUT2D eigenvalue weighted by molar-refractivity contribution is 5.69. The third kappa shape index (κ3) is 4.24. The molecule has 1 fully saturated rings. The predicted molar refractivity (Wildman–Crippen MR) is 50.5 cm³/mol. The molecule has 1 atom stereocenters. The quantitative estimate of drug-likeness (QED) is 0.602. The second-order valence-corrected chi connectivity index (χ2v) is 3.32. The van der Waals surface area contributed by atoms with E-state index in [-0.39, 0.29) is 5.97 Å². The highest BCUT2D eigenvalue weighted by Gasteiger charge is 2.11. The Morgan fingerprint density at radius 2 is 2.54 bits per heavy atom. The van der Waals surface area contributed by atoms with Crippen LogP contribution in [0.5, 0.6) is 0 Å². The van der Waals surface area contributed by atoms with E-state index >= 15 is 0 Å². The minimum Gasteiger partial charge on any atom is -0.469 e. The number of esters is 1. The molecule has 0 radical (unpaired) electrons. The van der Waals surface area contributed by atoms with Crippen molar-refractivity contribution in [2.24, 2.45) is 0 Å². The number of piperidine rings is 1. The summed E-state index contributed by atoms with van der Waals surface area (Å²) in [6.45, 7) is 2.86. The number of hydrogen-bond acceptors (Lipinski definition) is 4. The normalized spacial score (nSPS) is 22.7. The van der Waals surface area contributed by atoms with Crippen LogP contribution in [0.2, 0.25) is 0 Å². The molecular formula is C9H18N2O2. The van der Waals surface area contributed by atoms with E-state index in [2.05, 4.69) is 15.4 Å². The Kier molecular flexibility index (Phi) is 4.78. The monoisotopic (exact) mass is 186 g/mol. The summed E-state index contributed by atoms with van der Waals surface area (Å²) in [6.07, 6.45) is 2.89. The van der Waals surface area contributed by atoms with Gasteiger partial charge in [0.1, 0.15) is 0 Å². The summed E-state index contributed by atoms with van der Waals surface area (Å²) in [5.74, 6) is -0.142. The molecule has 4 nitrogen and oxygen atoms in total. The molecule has 0 aromatic heterocycles. The fraction of sp³-hybridized carbons (Fsp3) is 0.889. The van der Waals surface area contributed by atoms with Crippen molar-refractivity contribution in [2.45, 2.75) is 25.3 Å². The summed E-state index contributed by atoms with van der Waals surface area (Å²) in [6, 6.07) is 0.526. The van der Waals surface area contributed by atoms with Gasteiger partial charge in [-0.1, -0.05) is 0 Å². The van der Waals surface area contributed by atoms with E-state index in [1.54, 1.807) is 0 Å². The smallest absolute Gasteiger partial charge is 0.306 e. The summed E-state index contributed by atoms with van der Waals surface area (Å²) in [5.41, 5.74) is 0. The van der Waals surface area contributed by atoms with Crippen molar-refractivity contribution in [3.05, 3.63) is 0 Å². The number of hydrogen-bond donors (Lipinski definition) is 2. The van der Waals surface area contributed by atoms with Gasteiger partial charge in [-0.25, -0.2) is 0 Å². The molecule has 0 saturated carbocycles. The number of rotatable bonds is 4. The topological polar surface area (TPSA) is 50.4 Å². The molecule has 0 aromatic rings. The minimum atomic E-state index is -0.142. The first-order valence-electron chi connectivity index (χ1n) is 4.84.